The minimum atomic E-state index is -2.66. The number of nitrogens with zero attached hydrogens (tertiary/aromatic N) is 3. The maximum absolute atomic E-state index is 14.0. The van der Waals surface area contributed by atoms with Crippen LogP contribution in [0, 0.1) is 0 Å². The number of hydrogen-bond donors (Lipinski definition) is 0. The highest BCUT2D eigenvalue weighted by molar-refractivity contribution is 7.79. The standard InChI is InChI=1S/C46H32N3OP/c1-51(50)41-26-9-8-24-40(41)43-39(25-13-27-42(43)51)37-22-11-20-35(29-37)33-18-10-19-34(28-33)36-21-12-23-38(30-36)46-48-44(31-14-4-2-5-15-31)47-45(49-46)32-16-6-3-7-17-32/h2-30H,1H3. The molecule has 0 amide bonds. The SMILES string of the molecule is CP1(=O)c2ccccc2-c2c(-c3cccc(-c4cccc(-c5cccc(-c6nc(-c7ccccc7)nc(-c7ccccc7)n6)c5)c4)c3)cccc21. The minimum absolute atomic E-state index is 0.627. The molecular weight excluding hydrogens is 642 g/mol. The maximum atomic E-state index is 14.0. The Hall–Kier alpha value is -6.22. The molecule has 1 unspecified atom stereocenters. The molecule has 0 bridgehead atoms. The van der Waals surface area contributed by atoms with Crippen molar-refractivity contribution in [2.24, 2.45) is 0 Å². The van der Waals surface area contributed by atoms with E-state index in [1.807, 2.05) is 97.7 Å². The number of benzene rings is 7. The molecular formula is C46H32N3OP. The predicted molar refractivity (Wildman–Crippen MR) is 211 cm³/mol. The Morgan fingerprint density at radius 3 is 1.31 bits per heavy atom. The molecule has 1 aromatic heterocycles. The highest BCUT2D eigenvalue weighted by atomic mass is 31.2. The van der Waals surface area contributed by atoms with E-state index in [9.17, 15) is 4.57 Å². The molecule has 9 rings (SSSR count). The van der Waals surface area contributed by atoms with E-state index in [-0.39, 0.29) is 0 Å². The molecule has 5 heteroatoms. The molecule has 0 spiro atoms. The van der Waals surface area contributed by atoms with Gasteiger partial charge in [-0.2, -0.15) is 0 Å². The van der Waals surface area contributed by atoms with Crippen molar-refractivity contribution in [1.29, 1.82) is 0 Å². The van der Waals surface area contributed by atoms with Crippen molar-refractivity contribution < 1.29 is 4.57 Å². The first-order chi connectivity index (χ1) is 25.0. The van der Waals surface area contributed by atoms with E-state index in [2.05, 4.69) is 84.9 Å². The fraction of sp³-hybridized carbons (Fsp3) is 0.0217. The van der Waals surface area contributed by atoms with Crippen LogP contribution in [-0.2, 0) is 4.57 Å². The topological polar surface area (TPSA) is 55.7 Å². The zero-order valence-electron chi connectivity index (χ0n) is 27.9. The molecule has 1 aliphatic rings. The third-order valence-corrected chi connectivity index (χ3v) is 12.3. The average molecular weight is 674 g/mol. The van der Waals surface area contributed by atoms with Gasteiger partial charge in [0.15, 0.2) is 17.5 Å². The summed E-state index contributed by atoms with van der Waals surface area (Å²) in [6, 6.07) is 60.1. The second kappa shape index (κ2) is 12.6. The molecule has 242 valence electrons. The van der Waals surface area contributed by atoms with Crippen LogP contribution < -0.4 is 10.6 Å². The molecule has 8 aromatic rings. The predicted octanol–water partition coefficient (Wildman–Crippen LogP) is 10.8. The first kappa shape index (κ1) is 30.8. The number of fused-ring (bicyclic) bond motifs is 3. The van der Waals surface area contributed by atoms with Gasteiger partial charge < -0.3 is 4.57 Å². The molecule has 2 heterocycles. The molecule has 0 saturated carbocycles. The van der Waals surface area contributed by atoms with E-state index in [4.69, 9.17) is 15.0 Å². The lowest BCUT2D eigenvalue weighted by Crippen LogP contribution is -2.07. The molecule has 1 aliphatic heterocycles. The van der Waals surface area contributed by atoms with Gasteiger partial charge in [-0.1, -0.05) is 158 Å². The number of aromatic nitrogens is 3. The van der Waals surface area contributed by atoms with Gasteiger partial charge in [-0.05, 0) is 63.8 Å². The summed E-state index contributed by atoms with van der Waals surface area (Å²) in [5, 5.41) is 1.89. The lowest BCUT2D eigenvalue weighted by Gasteiger charge is -2.13. The zero-order chi connectivity index (χ0) is 34.4. The highest BCUT2D eigenvalue weighted by Gasteiger charge is 2.35. The lowest BCUT2D eigenvalue weighted by molar-refractivity contribution is 0.591. The third-order valence-electron chi connectivity index (χ3n) is 9.66. The Labute approximate surface area is 297 Å². The molecule has 51 heavy (non-hydrogen) atoms. The Morgan fingerprint density at radius 2 is 0.725 bits per heavy atom. The van der Waals surface area contributed by atoms with Crippen molar-refractivity contribution in [3.8, 4) is 78.7 Å². The Bertz CT molecular complexity index is 2580. The van der Waals surface area contributed by atoms with Gasteiger partial charge in [0.05, 0.1) is 0 Å². The first-order valence-corrected chi connectivity index (χ1v) is 19.2. The third kappa shape index (κ3) is 5.60. The molecule has 4 nitrogen and oxygen atoms in total. The summed E-state index contributed by atoms with van der Waals surface area (Å²) in [4.78, 5) is 14.7. The van der Waals surface area contributed by atoms with E-state index >= 15 is 0 Å². The Morgan fingerprint density at radius 1 is 0.353 bits per heavy atom. The van der Waals surface area contributed by atoms with Crippen LogP contribution in [0.25, 0.3) is 78.7 Å². The fourth-order valence-corrected chi connectivity index (χ4v) is 9.44. The molecule has 0 radical (unpaired) electrons. The van der Waals surface area contributed by atoms with Crippen LogP contribution in [0.2, 0.25) is 0 Å². The van der Waals surface area contributed by atoms with Crippen molar-refractivity contribution in [2.75, 3.05) is 6.66 Å². The van der Waals surface area contributed by atoms with E-state index < -0.39 is 7.14 Å². The molecule has 0 aliphatic carbocycles. The van der Waals surface area contributed by atoms with Crippen LogP contribution in [0.5, 0.6) is 0 Å². The molecule has 7 aromatic carbocycles. The van der Waals surface area contributed by atoms with E-state index in [1.165, 1.54) is 0 Å². The van der Waals surface area contributed by atoms with Gasteiger partial charge in [0.2, 0.25) is 0 Å². The Kier molecular flexibility index (Phi) is 7.60. The van der Waals surface area contributed by atoms with Crippen LogP contribution in [0.1, 0.15) is 0 Å². The first-order valence-electron chi connectivity index (χ1n) is 17.0. The number of rotatable bonds is 6. The quantitative estimate of drug-likeness (QED) is 0.165. The van der Waals surface area contributed by atoms with Gasteiger partial charge in [0.25, 0.3) is 0 Å². The Balaban J connectivity index is 1.09. The summed E-state index contributed by atoms with van der Waals surface area (Å²) in [6.45, 7) is 1.89. The molecule has 0 N–H and O–H groups in total. The van der Waals surface area contributed by atoms with Crippen molar-refractivity contribution >= 4 is 17.8 Å². The number of hydrogen-bond acceptors (Lipinski definition) is 4. The fourth-order valence-electron chi connectivity index (χ4n) is 7.13. The van der Waals surface area contributed by atoms with Crippen LogP contribution in [-0.4, -0.2) is 21.6 Å². The summed E-state index contributed by atoms with van der Waals surface area (Å²) >= 11 is 0. The van der Waals surface area contributed by atoms with E-state index in [0.29, 0.717) is 17.5 Å². The maximum Gasteiger partial charge on any atom is 0.164 e. The van der Waals surface area contributed by atoms with Crippen LogP contribution in [0.3, 0.4) is 0 Å². The van der Waals surface area contributed by atoms with Crippen molar-refractivity contribution in [2.45, 2.75) is 0 Å². The van der Waals surface area contributed by atoms with Crippen LogP contribution in [0.15, 0.2) is 176 Å². The van der Waals surface area contributed by atoms with E-state index in [1.54, 1.807) is 0 Å². The summed E-state index contributed by atoms with van der Waals surface area (Å²) in [5.74, 6) is 1.91. The monoisotopic (exact) mass is 673 g/mol. The second-order valence-corrected chi connectivity index (χ2v) is 15.7. The molecule has 0 saturated heterocycles. The summed E-state index contributed by atoms with van der Waals surface area (Å²) in [6.07, 6.45) is 0. The van der Waals surface area contributed by atoms with Crippen molar-refractivity contribution in [1.82, 2.24) is 15.0 Å². The van der Waals surface area contributed by atoms with Crippen molar-refractivity contribution in [3.63, 3.8) is 0 Å². The van der Waals surface area contributed by atoms with Crippen LogP contribution >= 0.6 is 7.14 Å². The zero-order valence-corrected chi connectivity index (χ0v) is 28.8. The lowest BCUT2D eigenvalue weighted by atomic mass is 9.92. The summed E-state index contributed by atoms with van der Waals surface area (Å²) in [5.41, 5.74) is 11.6. The van der Waals surface area contributed by atoms with Gasteiger partial charge in [-0.25, -0.2) is 15.0 Å². The highest BCUT2D eigenvalue weighted by Crippen LogP contribution is 2.52. The van der Waals surface area contributed by atoms with Gasteiger partial charge in [0, 0.05) is 32.9 Å². The molecule has 1 atom stereocenters. The van der Waals surface area contributed by atoms with Gasteiger partial charge >= 0.3 is 0 Å². The van der Waals surface area contributed by atoms with Gasteiger partial charge in [-0.15, -0.1) is 0 Å². The summed E-state index contributed by atoms with van der Waals surface area (Å²) < 4.78 is 14.0. The second-order valence-electron chi connectivity index (χ2n) is 12.9. The smallest absolute Gasteiger partial charge is 0.164 e. The van der Waals surface area contributed by atoms with E-state index in [0.717, 1.165) is 71.8 Å². The van der Waals surface area contributed by atoms with Gasteiger partial charge in [-0.3, -0.25) is 0 Å². The largest absolute Gasteiger partial charge is 0.314 e. The average Bonchev–Trinajstić information content (AvgIpc) is 3.44. The summed E-state index contributed by atoms with van der Waals surface area (Å²) in [7, 11) is -2.66. The minimum Gasteiger partial charge on any atom is -0.314 e. The normalized spacial score (nSPS) is 14.5. The molecule has 0 fully saturated rings. The van der Waals surface area contributed by atoms with Crippen LogP contribution in [0.4, 0.5) is 0 Å². The van der Waals surface area contributed by atoms with Gasteiger partial charge in [0.1, 0.15) is 7.14 Å². The van der Waals surface area contributed by atoms with Crippen molar-refractivity contribution in [3.05, 3.63) is 176 Å².